The molecule has 0 radical (unpaired) electrons. The molecule has 0 spiro atoms. The smallest absolute Gasteiger partial charge is 0.305 e. The number of rotatable bonds is 1. The molecule has 0 amide bonds. The van der Waals surface area contributed by atoms with Gasteiger partial charge in [0, 0.05) is 0 Å². The van der Waals surface area contributed by atoms with E-state index in [0.717, 1.165) is 11.0 Å². The fourth-order valence-electron chi connectivity index (χ4n) is 1.81. The van der Waals surface area contributed by atoms with Gasteiger partial charge < -0.3 is 4.98 Å². The zero-order valence-corrected chi connectivity index (χ0v) is 9.48. The Labute approximate surface area is 101 Å². The molecule has 0 saturated heterocycles. The Balaban J connectivity index is 2.33. The van der Waals surface area contributed by atoms with Crippen LogP contribution < -0.4 is 5.69 Å². The van der Waals surface area contributed by atoms with E-state index in [0.29, 0.717) is 10.8 Å². The van der Waals surface area contributed by atoms with Crippen LogP contribution in [0.3, 0.4) is 0 Å². The van der Waals surface area contributed by atoms with Crippen molar-refractivity contribution in [3.05, 3.63) is 58.2 Å². The maximum absolute atomic E-state index is 11.9. The molecular weight excluding hydrogens is 238 g/mol. The molecular formula is C12H8ClN3O. The maximum atomic E-state index is 11.9. The number of aromatic nitrogens is 3. The number of aromatic amines is 1. The summed E-state index contributed by atoms with van der Waals surface area (Å²) >= 11 is 5.72. The molecule has 0 bridgehead atoms. The standard InChI is InChI=1S/C12H8ClN3O/c13-11-6-5-8(7-14-11)16-10-4-2-1-3-9(10)15-12(16)17/h1-7H,(H,15,17). The third-order valence-corrected chi connectivity index (χ3v) is 2.78. The summed E-state index contributed by atoms with van der Waals surface area (Å²) < 4.78 is 1.57. The molecule has 17 heavy (non-hydrogen) atoms. The first-order valence-electron chi connectivity index (χ1n) is 5.07. The van der Waals surface area contributed by atoms with Gasteiger partial charge in [-0.25, -0.2) is 9.78 Å². The van der Waals surface area contributed by atoms with Crippen molar-refractivity contribution in [2.75, 3.05) is 0 Å². The number of fused-ring (bicyclic) bond motifs is 1. The van der Waals surface area contributed by atoms with E-state index in [1.54, 1.807) is 22.9 Å². The van der Waals surface area contributed by atoms with E-state index in [1.807, 2.05) is 24.3 Å². The summed E-state index contributed by atoms with van der Waals surface area (Å²) in [5.41, 5.74) is 2.13. The first-order chi connectivity index (χ1) is 8.25. The molecule has 5 heteroatoms. The normalized spacial score (nSPS) is 10.9. The van der Waals surface area contributed by atoms with Crippen molar-refractivity contribution < 1.29 is 0 Å². The summed E-state index contributed by atoms with van der Waals surface area (Å²) in [6.45, 7) is 0. The maximum Gasteiger partial charge on any atom is 0.331 e. The van der Waals surface area contributed by atoms with E-state index in [1.165, 1.54) is 0 Å². The lowest BCUT2D eigenvalue weighted by Gasteiger charge is -2.02. The van der Waals surface area contributed by atoms with Crippen LogP contribution in [0.25, 0.3) is 16.7 Å². The monoisotopic (exact) mass is 245 g/mol. The van der Waals surface area contributed by atoms with E-state index < -0.39 is 0 Å². The Morgan fingerprint density at radius 2 is 2.00 bits per heavy atom. The Morgan fingerprint density at radius 1 is 1.18 bits per heavy atom. The van der Waals surface area contributed by atoms with Crippen LogP contribution in [0.1, 0.15) is 0 Å². The molecule has 1 N–H and O–H groups in total. The number of hydrogen-bond acceptors (Lipinski definition) is 2. The van der Waals surface area contributed by atoms with Gasteiger partial charge in [-0.15, -0.1) is 0 Å². The molecule has 2 aromatic heterocycles. The lowest BCUT2D eigenvalue weighted by atomic mass is 10.3. The second kappa shape index (κ2) is 3.75. The molecule has 0 saturated carbocycles. The fraction of sp³-hybridized carbons (Fsp3) is 0. The molecule has 2 heterocycles. The zero-order valence-electron chi connectivity index (χ0n) is 8.72. The quantitative estimate of drug-likeness (QED) is 0.669. The van der Waals surface area contributed by atoms with Gasteiger partial charge >= 0.3 is 5.69 Å². The predicted molar refractivity (Wildman–Crippen MR) is 66.7 cm³/mol. The van der Waals surface area contributed by atoms with Crippen LogP contribution in [0.4, 0.5) is 0 Å². The average Bonchev–Trinajstić information content (AvgIpc) is 2.66. The highest BCUT2D eigenvalue weighted by Crippen LogP contribution is 2.15. The Kier molecular flexibility index (Phi) is 2.23. The molecule has 0 fully saturated rings. The van der Waals surface area contributed by atoms with Crippen molar-refractivity contribution in [3.63, 3.8) is 0 Å². The third kappa shape index (κ3) is 1.62. The van der Waals surface area contributed by atoms with Crippen molar-refractivity contribution in [3.8, 4) is 5.69 Å². The van der Waals surface area contributed by atoms with Crippen LogP contribution >= 0.6 is 11.6 Å². The van der Waals surface area contributed by atoms with E-state index in [2.05, 4.69) is 9.97 Å². The van der Waals surface area contributed by atoms with Gasteiger partial charge in [0.15, 0.2) is 0 Å². The average molecular weight is 246 g/mol. The lowest BCUT2D eigenvalue weighted by Crippen LogP contribution is -2.14. The van der Waals surface area contributed by atoms with Gasteiger partial charge in [0.2, 0.25) is 0 Å². The molecule has 0 atom stereocenters. The van der Waals surface area contributed by atoms with E-state index >= 15 is 0 Å². The first-order valence-corrected chi connectivity index (χ1v) is 5.45. The van der Waals surface area contributed by atoms with E-state index in [9.17, 15) is 4.79 Å². The number of imidazole rings is 1. The lowest BCUT2D eigenvalue weighted by molar-refractivity contribution is 1.00. The summed E-state index contributed by atoms with van der Waals surface area (Å²) in [7, 11) is 0. The van der Waals surface area contributed by atoms with Crippen LogP contribution in [-0.4, -0.2) is 14.5 Å². The minimum absolute atomic E-state index is 0.185. The molecule has 4 nitrogen and oxygen atoms in total. The Hall–Kier alpha value is -2.07. The summed E-state index contributed by atoms with van der Waals surface area (Å²) in [4.78, 5) is 18.6. The molecule has 0 aliphatic carbocycles. The van der Waals surface area contributed by atoms with Crippen molar-refractivity contribution in [1.82, 2.24) is 14.5 Å². The number of halogens is 1. The van der Waals surface area contributed by atoms with Crippen molar-refractivity contribution in [1.29, 1.82) is 0 Å². The van der Waals surface area contributed by atoms with E-state index in [-0.39, 0.29) is 5.69 Å². The molecule has 0 aliphatic heterocycles. The number of hydrogen-bond donors (Lipinski definition) is 1. The number of nitrogens with one attached hydrogen (secondary N) is 1. The minimum atomic E-state index is -0.185. The molecule has 3 aromatic rings. The number of para-hydroxylation sites is 2. The highest BCUT2D eigenvalue weighted by Gasteiger charge is 2.07. The first kappa shape index (κ1) is 10.1. The Morgan fingerprint density at radius 3 is 2.76 bits per heavy atom. The number of benzene rings is 1. The minimum Gasteiger partial charge on any atom is -0.305 e. The van der Waals surface area contributed by atoms with Crippen LogP contribution in [-0.2, 0) is 0 Å². The van der Waals surface area contributed by atoms with Gasteiger partial charge in [0.25, 0.3) is 0 Å². The van der Waals surface area contributed by atoms with E-state index in [4.69, 9.17) is 11.6 Å². The number of pyridine rings is 1. The van der Waals surface area contributed by atoms with Crippen molar-refractivity contribution in [2.24, 2.45) is 0 Å². The van der Waals surface area contributed by atoms with Crippen LogP contribution in [0, 0.1) is 0 Å². The number of nitrogens with zero attached hydrogens (tertiary/aromatic N) is 2. The van der Waals surface area contributed by atoms with Gasteiger partial charge in [0.05, 0.1) is 22.9 Å². The fourth-order valence-corrected chi connectivity index (χ4v) is 1.92. The number of H-pyrrole nitrogens is 1. The zero-order chi connectivity index (χ0) is 11.8. The highest BCUT2D eigenvalue weighted by atomic mass is 35.5. The van der Waals surface area contributed by atoms with Gasteiger partial charge in [-0.3, -0.25) is 4.57 Å². The van der Waals surface area contributed by atoms with Gasteiger partial charge in [-0.1, -0.05) is 23.7 Å². The molecule has 3 rings (SSSR count). The second-order valence-corrected chi connectivity index (χ2v) is 4.01. The topological polar surface area (TPSA) is 50.7 Å². The van der Waals surface area contributed by atoms with Crippen LogP contribution in [0.5, 0.6) is 0 Å². The van der Waals surface area contributed by atoms with Crippen LogP contribution in [0.15, 0.2) is 47.4 Å². The summed E-state index contributed by atoms with van der Waals surface area (Å²) in [5, 5.41) is 0.404. The Bertz CT molecular complexity index is 727. The molecule has 0 aliphatic rings. The van der Waals surface area contributed by atoms with Gasteiger partial charge in [-0.2, -0.15) is 0 Å². The predicted octanol–water partition coefficient (Wildman–Crippen LogP) is 2.37. The molecule has 1 aromatic carbocycles. The van der Waals surface area contributed by atoms with Crippen molar-refractivity contribution >= 4 is 22.6 Å². The largest absolute Gasteiger partial charge is 0.331 e. The summed E-state index contributed by atoms with van der Waals surface area (Å²) in [6.07, 6.45) is 1.57. The molecule has 84 valence electrons. The third-order valence-electron chi connectivity index (χ3n) is 2.56. The van der Waals surface area contributed by atoms with Gasteiger partial charge in [0.1, 0.15) is 5.15 Å². The van der Waals surface area contributed by atoms with Crippen LogP contribution in [0.2, 0.25) is 5.15 Å². The van der Waals surface area contributed by atoms with Crippen molar-refractivity contribution in [2.45, 2.75) is 0 Å². The summed E-state index contributed by atoms with van der Waals surface area (Å²) in [5.74, 6) is 0. The van der Waals surface area contributed by atoms with Gasteiger partial charge in [-0.05, 0) is 24.3 Å². The summed E-state index contributed by atoms with van der Waals surface area (Å²) in [6, 6.07) is 10.9. The highest BCUT2D eigenvalue weighted by molar-refractivity contribution is 6.29. The second-order valence-electron chi connectivity index (χ2n) is 3.62. The molecule has 0 unspecified atom stereocenters. The SMILES string of the molecule is O=c1[nH]c2ccccc2n1-c1ccc(Cl)nc1.